The number of amides is 1. The largest absolute Gasteiger partial charge is 0.337 e. The third kappa shape index (κ3) is 4.65. The Morgan fingerprint density at radius 1 is 0.906 bits per heavy atom. The third-order valence-corrected chi connectivity index (χ3v) is 6.19. The van der Waals surface area contributed by atoms with Gasteiger partial charge in [-0.2, -0.15) is 0 Å². The van der Waals surface area contributed by atoms with Crippen molar-refractivity contribution in [3.8, 4) is 5.69 Å². The smallest absolute Gasteiger partial charge is 0.254 e. The number of hydrogen-bond donors (Lipinski definition) is 0. The van der Waals surface area contributed by atoms with Crippen LogP contribution in [0.4, 0.5) is 0 Å². The summed E-state index contributed by atoms with van der Waals surface area (Å²) in [6.45, 7) is 9.32. The number of aromatic nitrogens is 2. The predicted molar refractivity (Wildman–Crippen MR) is 126 cm³/mol. The first kappa shape index (κ1) is 22.0. The van der Waals surface area contributed by atoms with E-state index in [1.165, 1.54) is 5.56 Å². The van der Waals surface area contributed by atoms with Crippen LogP contribution < -0.4 is 0 Å². The highest BCUT2D eigenvalue weighted by atomic mass is 16.2. The van der Waals surface area contributed by atoms with Crippen LogP contribution in [0.25, 0.3) is 5.69 Å². The van der Waals surface area contributed by atoms with Crippen molar-refractivity contribution in [1.82, 2.24) is 19.4 Å². The van der Waals surface area contributed by atoms with Crippen LogP contribution in [0.2, 0.25) is 0 Å². The molecule has 1 aromatic carbocycles. The summed E-state index contributed by atoms with van der Waals surface area (Å²) in [7, 11) is 0. The lowest BCUT2D eigenvalue weighted by molar-refractivity contribution is 0.0761. The van der Waals surface area contributed by atoms with E-state index in [9.17, 15) is 9.59 Å². The van der Waals surface area contributed by atoms with E-state index in [1.54, 1.807) is 24.5 Å². The molecule has 0 aliphatic carbocycles. The molecule has 1 amide bonds. The van der Waals surface area contributed by atoms with Crippen LogP contribution in [-0.2, 0) is 0 Å². The molecule has 3 aromatic rings. The molecule has 1 fully saturated rings. The van der Waals surface area contributed by atoms with Crippen molar-refractivity contribution in [1.29, 1.82) is 0 Å². The first-order valence-electron chi connectivity index (χ1n) is 11.1. The summed E-state index contributed by atoms with van der Waals surface area (Å²) < 4.78 is 2.14. The Bertz CT molecular complexity index is 1100. The Labute approximate surface area is 189 Å². The number of pyridine rings is 1. The fraction of sp³-hybridized carbons (Fsp3) is 0.346. The molecule has 166 valence electrons. The van der Waals surface area contributed by atoms with Gasteiger partial charge in [0.15, 0.2) is 5.78 Å². The van der Waals surface area contributed by atoms with Crippen LogP contribution in [0, 0.1) is 20.8 Å². The van der Waals surface area contributed by atoms with Gasteiger partial charge in [-0.3, -0.25) is 19.5 Å². The number of aryl methyl sites for hydroxylation is 2. The minimum atomic E-state index is 0.0298. The van der Waals surface area contributed by atoms with Crippen LogP contribution >= 0.6 is 0 Å². The number of carbonyl (C=O) groups excluding carboxylic acids is 2. The molecule has 0 bridgehead atoms. The SMILES string of the molecule is Cc1ccc(-n2c(C)cc(C(=O)CN3CCCN(C(=O)c4ccncc4)CC3)c2C)cc1. The van der Waals surface area contributed by atoms with E-state index in [0.717, 1.165) is 35.6 Å². The number of Topliss-reactive ketones (excluding diaryl/α,β-unsaturated/α-hetero) is 1. The molecule has 32 heavy (non-hydrogen) atoms. The lowest BCUT2D eigenvalue weighted by Gasteiger charge is -2.21. The number of benzene rings is 1. The molecule has 1 aliphatic heterocycles. The zero-order chi connectivity index (χ0) is 22.7. The van der Waals surface area contributed by atoms with Gasteiger partial charge in [0, 0.05) is 66.8 Å². The van der Waals surface area contributed by atoms with Crippen molar-refractivity contribution in [2.75, 3.05) is 32.7 Å². The molecule has 0 saturated carbocycles. The van der Waals surface area contributed by atoms with Gasteiger partial charge in [-0.1, -0.05) is 17.7 Å². The molecule has 0 spiro atoms. The minimum absolute atomic E-state index is 0.0298. The van der Waals surface area contributed by atoms with E-state index < -0.39 is 0 Å². The summed E-state index contributed by atoms with van der Waals surface area (Å²) >= 11 is 0. The van der Waals surface area contributed by atoms with Crippen LogP contribution in [-0.4, -0.2) is 63.8 Å². The monoisotopic (exact) mass is 430 g/mol. The van der Waals surface area contributed by atoms with Gasteiger partial charge < -0.3 is 9.47 Å². The lowest BCUT2D eigenvalue weighted by Crippen LogP contribution is -2.36. The Hall–Kier alpha value is -3.25. The second-order valence-corrected chi connectivity index (χ2v) is 8.54. The summed E-state index contributed by atoms with van der Waals surface area (Å²) in [6.07, 6.45) is 4.14. The number of ketones is 1. The second kappa shape index (κ2) is 9.49. The summed E-state index contributed by atoms with van der Waals surface area (Å²) in [5, 5.41) is 0. The summed E-state index contributed by atoms with van der Waals surface area (Å²) in [5.41, 5.74) is 5.75. The normalized spacial score (nSPS) is 14.9. The minimum Gasteiger partial charge on any atom is -0.337 e. The molecule has 0 radical (unpaired) electrons. The van der Waals surface area contributed by atoms with Crippen LogP contribution in [0.15, 0.2) is 54.9 Å². The third-order valence-electron chi connectivity index (χ3n) is 6.19. The van der Waals surface area contributed by atoms with Crippen molar-refractivity contribution >= 4 is 11.7 Å². The van der Waals surface area contributed by atoms with E-state index in [-0.39, 0.29) is 11.7 Å². The van der Waals surface area contributed by atoms with Gasteiger partial charge in [-0.05, 0) is 57.5 Å². The number of nitrogens with zero attached hydrogens (tertiary/aromatic N) is 4. The molecule has 1 aliphatic rings. The fourth-order valence-corrected chi connectivity index (χ4v) is 4.43. The number of carbonyl (C=O) groups is 2. The van der Waals surface area contributed by atoms with Crippen molar-refractivity contribution in [2.24, 2.45) is 0 Å². The summed E-state index contributed by atoms with van der Waals surface area (Å²) in [5.74, 6) is 0.160. The topological polar surface area (TPSA) is 58.4 Å². The first-order valence-corrected chi connectivity index (χ1v) is 11.1. The molecule has 0 unspecified atom stereocenters. The molecule has 4 rings (SSSR count). The summed E-state index contributed by atoms with van der Waals surface area (Å²) in [4.78, 5) is 34.0. The van der Waals surface area contributed by atoms with Crippen molar-refractivity contribution in [3.63, 3.8) is 0 Å². The van der Waals surface area contributed by atoms with Crippen molar-refractivity contribution in [3.05, 3.63) is 82.9 Å². The highest BCUT2D eigenvalue weighted by Crippen LogP contribution is 2.22. The zero-order valence-corrected chi connectivity index (χ0v) is 19.0. The van der Waals surface area contributed by atoms with Gasteiger partial charge in [0.05, 0.1) is 6.54 Å². The van der Waals surface area contributed by atoms with E-state index in [1.807, 2.05) is 24.8 Å². The Morgan fingerprint density at radius 3 is 2.34 bits per heavy atom. The fourth-order valence-electron chi connectivity index (χ4n) is 4.43. The van der Waals surface area contributed by atoms with Gasteiger partial charge >= 0.3 is 0 Å². The quantitative estimate of drug-likeness (QED) is 0.578. The van der Waals surface area contributed by atoms with Gasteiger partial charge in [-0.25, -0.2) is 0 Å². The van der Waals surface area contributed by atoms with Crippen LogP contribution in [0.3, 0.4) is 0 Å². The Kier molecular flexibility index (Phi) is 6.51. The highest BCUT2D eigenvalue weighted by molar-refractivity contribution is 5.99. The van der Waals surface area contributed by atoms with Gasteiger partial charge in [0.25, 0.3) is 5.91 Å². The summed E-state index contributed by atoms with van der Waals surface area (Å²) in [6, 6.07) is 13.8. The predicted octanol–water partition coefficient (Wildman–Crippen LogP) is 3.83. The maximum Gasteiger partial charge on any atom is 0.254 e. The molecule has 1 saturated heterocycles. The molecular weight excluding hydrogens is 400 g/mol. The van der Waals surface area contributed by atoms with E-state index in [2.05, 4.69) is 45.6 Å². The standard InChI is InChI=1S/C26H30N4O2/c1-19-5-7-23(8-6-19)30-20(2)17-24(21(30)3)25(31)18-28-13-4-14-29(16-15-28)26(32)22-9-11-27-12-10-22/h5-12,17H,4,13-16,18H2,1-3H3. The van der Waals surface area contributed by atoms with Gasteiger partial charge in [0.2, 0.25) is 0 Å². The molecule has 0 atom stereocenters. The lowest BCUT2D eigenvalue weighted by atomic mass is 10.1. The molecule has 6 nitrogen and oxygen atoms in total. The molecule has 0 N–H and O–H groups in total. The highest BCUT2D eigenvalue weighted by Gasteiger charge is 2.23. The Morgan fingerprint density at radius 2 is 1.62 bits per heavy atom. The zero-order valence-electron chi connectivity index (χ0n) is 19.0. The average Bonchev–Trinajstić information content (AvgIpc) is 2.95. The number of rotatable bonds is 5. The molecule has 3 heterocycles. The number of hydrogen-bond acceptors (Lipinski definition) is 4. The molecular formula is C26H30N4O2. The van der Waals surface area contributed by atoms with E-state index >= 15 is 0 Å². The molecule has 2 aromatic heterocycles. The molecule has 6 heteroatoms. The van der Waals surface area contributed by atoms with Gasteiger partial charge in [0.1, 0.15) is 0 Å². The van der Waals surface area contributed by atoms with Crippen molar-refractivity contribution in [2.45, 2.75) is 27.2 Å². The van der Waals surface area contributed by atoms with E-state index in [0.29, 0.717) is 31.7 Å². The van der Waals surface area contributed by atoms with Crippen LogP contribution in [0.1, 0.15) is 44.1 Å². The Balaban J connectivity index is 1.43. The average molecular weight is 431 g/mol. The second-order valence-electron chi connectivity index (χ2n) is 8.54. The first-order chi connectivity index (χ1) is 15.4. The van der Waals surface area contributed by atoms with E-state index in [4.69, 9.17) is 0 Å². The van der Waals surface area contributed by atoms with Crippen LogP contribution in [0.5, 0.6) is 0 Å². The van der Waals surface area contributed by atoms with Crippen molar-refractivity contribution < 1.29 is 9.59 Å². The maximum absolute atomic E-state index is 13.2. The van der Waals surface area contributed by atoms with Gasteiger partial charge in [-0.15, -0.1) is 0 Å². The maximum atomic E-state index is 13.2.